The van der Waals surface area contributed by atoms with Crippen LogP contribution in [0.2, 0.25) is 0 Å². The van der Waals surface area contributed by atoms with Crippen LogP contribution in [0.1, 0.15) is 25.7 Å². The highest BCUT2D eigenvalue weighted by molar-refractivity contribution is 5.71. The molecule has 1 heterocycles. The van der Waals surface area contributed by atoms with Gasteiger partial charge < -0.3 is 10.6 Å². The number of nitro groups is 1. The number of nitrogens with one attached hydrogen (secondary N) is 2. The minimum absolute atomic E-state index is 0.168. The van der Waals surface area contributed by atoms with Gasteiger partial charge in [-0.05, 0) is 25.0 Å². The highest BCUT2D eigenvalue weighted by Gasteiger charge is 2.19. The minimum Gasteiger partial charge on any atom is -0.351 e. The number of halogens is 1. The summed E-state index contributed by atoms with van der Waals surface area (Å²) < 4.78 is 13.5. The van der Waals surface area contributed by atoms with Crippen molar-refractivity contribution in [2.24, 2.45) is 0 Å². The summed E-state index contributed by atoms with van der Waals surface area (Å²) in [5, 5.41) is 17.6. The number of nitro benzene ring substituents is 1. The predicted molar refractivity (Wildman–Crippen MR) is 110 cm³/mol. The summed E-state index contributed by atoms with van der Waals surface area (Å²) in [6.45, 7) is 0. The second kappa shape index (κ2) is 8.22. The van der Waals surface area contributed by atoms with Gasteiger partial charge in [-0.3, -0.25) is 10.1 Å². The Morgan fingerprint density at radius 1 is 1.03 bits per heavy atom. The predicted octanol–water partition coefficient (Wildman–Crippen LogP) is 5.29. The van der Waals surface area contributed by atoms with Gasteiger partial charge in [0.1, 0.15) is 17.3 Å². The van der Waals surface area contributed by atoms with Crippen LogP contribution in [-0.2, 0) is 0 Å². The van der Waals surface area contributed by atoms with Crippen molar-refractivity contribution in [3.63, 3.8) is 0 Å². The van der Waals surface area contributed by atoms with Crippen molar-refractivity contribution in [3.8, 4) is 11.3 Å². The first kappa shape index (κ1) is 18.8. The maximum atomic E-state index is 13.5. The first-order valence-electron chi connectivity index (χ1n) is 9.50. The van der Waals surface area contributed by atoms with Crippen molar-refractivity contribution in [2.75, 3.05) is 10.6 Å². The standard InChI is InChI=1S/C21H20FN5O2/c22-15-10-11-17(19(12-15)27(28)29)24-20-13-18(14-6-2-1-3-7-14)25-21(26-20)23-16-8-4-5-9-16/h1-3,6-7,10-13,16H,4-5,8-9H2,(H2,23,24,25,26). The molecule has 148 valence electrons. The molecule has 0 amide bonds. The largest absolute Gasteiger partial charge is 0.351 e. The van der Waals surface area contributed by atoms with Crippen LogP contribution >= 0.6 is 0 Å². The quantitative estimate of drug-likeness (QED) is 0.437. The average molecular weight is 393 g/mol. The van der Waals surface area contributed by atoms with Crippen molar-refractivity contribution in [1.29, 1.82) is 0 Å². The number of aromatic nitrogens is 2. The summed E-state index contributed by atoms with van der Waals surface area (Å²) in [6, 6.07) is 15.1. The molecule has 3 aromatic rings. The van der Waals surface area contributed by atoms with Crippen molar-refractivity contribution in [3.05, 3.63) is 70.5 Å². The van der Waals surface area contributed by atoms with Crippen LogP contribution in [0.25, 0.3) is 11.3 Å². The smallest absolute Gasteiger partial charge is 0.295 e. The number of hydrogen-bond acceptors (Lipinski definition) is 6. The number of anilines is 3. The molecule has 2 N–H and O–H groups in total. The van der Waals surface area contributed by atoms with E-state index < -0.39 is 10.7 Å². The van der Waals surface area contributed by atoms with Crippen LogP contribution < -0.4 is 10.6 Å². The van der Waals surface area contributed by atoms with E-state index in [1.807, 2.05) is 30.3 Å². The van der Waals surface area contributed by atoms with Crippen molar-refractivity contribution in [2.45, 2.75) is 31.7 Å². The molecule has 1 fully saturated rings. The van der Waals surface area contributed by atoms with E-state index in [2.05, 4.69) is 20.6 Å². The highest BCUT2D eigenvalue weighted by atomic mass is 19.1. The normalized spacial score (nSPS) is 14.0. The lowest BCUT2D eigenvalue weighted by atomic mass is 10.1. The summed E-state index contributed by atoms with van der Waals surface area (Å²) in [7, 11) is 0. The van der Waals surface area contributed by atoms with E-state index in [0.717, 1.165) is 24.5 Å². The fourth-order valence-electron chi connectivity index (χ4n) is 3.48. The minimum atomic E-state index is -0.668. The van der Waals surface area contributed by atoms with Gasteiger partial charge in [0.05, 0.1) is 16.7 Å². The second-order valence-corrected chi connectivity index (χ2v) is 7.00. The molecule has 2 aromatic carbocycles. The molecule has 0 bridgehead atoms. The molecule has 1 saturated carbocycles. The third-order valence-electron chi connectivity index (χ3n) is 4.90. The van der Waals surface area contributed by atoms with Crippen LogP contribution in [-0.4, -0.2) is 20.9 Å². The van der Waals surface area contributed by atoms with Crippen molar-refractivity contribution in [1.82, 2.24) is 9.97 Å². The number of benzene rings is 2. The molecule has 4 rings (SSSR count). The maximum Gasteiger partial charge on any atom is 0.295 e. The Labute approximate surface area is 167 Å². The van der Waals surface area contributed by atoms with Crippen LogP contribution in [0.4, 0.5) is 27.5 Å². The van der Waals surface area contributed by atoms with E-state index in [0.29, 0.717) is 23.5 Å². The summed E-state index contributed by atoms with van der Waals surface area (Å²) in [5.41, 5.74) is 1.41. The second-order valence-electron chi connectivity index (χ2n) is 7.00. The van der Waals surface area contributed by atoms with Gasteiger partial charge in [-0.15, -0.1) is 0 Å². The first-order valence-corrected chi connectivity index (χ1v) is 9.50. The Bertz CT molecular complexity index is 1020. The van der Waals surface area contributed by atoms with Gasteiger partial charge in [-0.25, -0.2) is 9.37 Å². The third-order valence-corrected chi connectivity index (χ3v) is 4.90. The fraction of sp³-hybridized carbons (Fsp3) is 0.238. The molecule has 1 aliphatic carbocycles. The van der Waals surface area contributed by atoms with Gasteiger partial charge in [0, 0.05) is 17.7 Å². The van der Waals surface area contributed by atoms with E-state index in [9.17, 15) is 14.5 Å². The Kier molecular flexibility index (Phi) is 5.33. The van der Waals surface area contributed by atoms with E-state index in [-0.39, 0.29) is 11.4 Å². The van der Waals surface area contributed by atoms with Gasteiger partial charge in [0.2, 0.25) is 5.95 Å². The summed E-state index contributed by atoms with van der Waals surface area (Å²) >= 11 is 0. The van der Waals surface area contributed by atoms with Crippen molar-refractivity contribution >= 4 is 23.1 Å². The van der Waals surface area contributed by atoms with Gasteiger partial charge in [0.25, 0.3) is 5.69 Å². The summed E-state index contributed by atoms with van der Waals surface area (Å²) in [5.74, 6) is 0.193. The van der Waals surface area contributed by atoms with Crippen LogP contribution in [0.15, 0.2) is 54.6 Å². The topological polar surface area (TPSA) is 93.0 Å². The molecular formula is C21H20FN5O2. The summed E-state index contributed by atoms with van der Waals surface area (Å²) in [4.78, 5) is 19.8. The molecule has 1 aromatic heterocycles. The number of hydrogen-bond donors (Lipinski definition) is 2. The lowest BCUT2D eigenvalue weighted by molar-refractivity contribution is -0.384. The molecule has 8 heteroatoms. The molecule has 0 spiro atoms. The van der Waals surface area contributed by atoms with E-state index in [1.165, 1.54) is 25.0 Å². The van der Waals surface area contributed by atoms with Gasteiger partial charge >= 0.3 is 0 Å². The fourth-order valence-corrected chi connectivity index (χ4v) is 3.48. The third kappa shape index (κ3) is 4.48. The molecule has 0 unspecified atom stereocenters. The van der Waals surface area contributed by atoms with E-state index in [4.69, 9.17) is 0 Å². The Morgan fingerprint density at radius 3 is 2.52 bits per heavy atom. The monoisotopic (exact) mass is 393 g/mol. The Hall–Kier alpha value is -3.55. The van der Waals surface area contributed by atoms with Gasteiger partial charge in [-0.1, -0.05) is 43.2 Å². The molecule has 29 heavy (non-hydrogen) atoms. The zero-order chi connectivity index (χ0) is 20.2. The zero-order valence-electron chi connectivity index (χ0n) is 15.6. The maximum absolute atomic E-state index is 13.5. The van der Waals surface area contributed by atoms with Gasteiger partial charge in [0.15, 0.2) is 0 Å². The highest BCUT2D eigenvalue weighted by Crippen LogP contribution is 2.30. The van der Waals surface area contributed by atoms with Crippen LogP contribution in [0.3, 0.4) is 0 Å². The number of nitrogens with zero attached hydrogens (tertiary/aromatic N) is 3. The van der Waals surface area contributed by atoms with E-state index >= 15 is 0 Å². The van der Waals surface area contributed by atoms with Crippen molar-refractivity contribution < 1.29 is 9.31 Å². The molecule has 7 nitrogen and oxygen atoms in total. The molecule has 1 aliphatic rings. The Balaban J connectivity index is 1.71. The lowest BCUT2D eigenvalue weighted by Gasteiger charge is -2.15. The van der Waals surface area contributed by atoms with Gasteiger partial charge in [-0.2, -0.15) is 4.98 Å². The summed E-state index contributed by atoms with van der Waals surface area (Å²) in [6.07, 6.45) is 4.46. The van der Waals surface area contributed by atoms with Crippen LogP contribution in [0.5, 0.6) is 0 Å². The molecule has 0 atom stereocenters. The molecule has 0 radical (unpaired) electrons. The molecule has 0 aliphatic heterocycles. The zero-order valence-corrected chi connectivity index (χ0v) is 15.6. The molecule has 0 saturated heterocycles. The SMILES string of the molecule is O=[N+]([O-])c1cc(F)ccc1Nc1cc(-c2ccccc2)nc(NC2CCCC2)n1. The number of rotatable bonds is 6. The Morgan fingerprint density at radius 2 is 1.79 bits per heavy atom. The lowest BCUT2D eigenvalue weighted by Crippen LogP contribution is -2.17. The molecular weight excluding hydrogens is 373 g/mol. The first-order chi connectivity index (χ1) is 14.1. The van der Waals surface area contributed by atoms with Crippen LogP contribution in [0, 0.1) is 15.9 Å². The van der Waals surface area contributed by atoms with E-state index in [1.54, 1.807) is 6.07 Å². The average Bonchev–Trinajstić information content (AvgIpc) is 3.23.